The van der Waals surface area contributed by atoms with Gasteiger partial charge in [0.25, 0.3) is 0 Å². The lowest BCUT2D eigenvalue weighted by Crippen LogP contribution is -2.13. The molecule has 0 unspecified atom stereocenters. The molecule has 0 aliphatic heterocycles. The third-order valence-corrected chi connectivity index (χ3v) is 3.63. The van der Waals surface area contributed by atoms with E-state index >= 15 is 0 Å². The van der Waals surface area contributed by atoms with Crippen LogP contribution in [0.15, 0.2) is 42.5 Å². The zero-order valence-corrected chi connectivity index (χ0v) is 14.3. The largest absolute Gasteiger partial charge is 0.450 e. The molecule has 0 fully saturated rings. The molecule has 0 saturated heterocycles. The van der Waals surface area contributed by atoms with Crippen LogP contribution in [-0.2, 0) is 4.74 Å². The Morgan fingerprint density at radius 3 is 2.48 bits per heavy atom. The summed E-state index contributed by atoms with van der Waals surface area (Å²) in [5, 5.41) is 2.53. The van der Waals surface area contributed by atoms with Crippen molar-refractivity contribution >= 4 is 40.3 Å². The van der Waals surface area contributed by atoms with E-state index in [4.69, 9.17) is 9.47 Å². The lowest BCUT2D eigenvalue weighted by molar-refractivity contribution is 0.0733. The standard InChI is InChI=1S/C16H13FINO4/c1-2-22-16(21)19-11-4-6-12(7-5-11)23-15(20)13-8-3-10(17)9-14(13)18/h3-9H,2H2,1H3,(H,19,21). The molecule has 5 nitrogen and oxygen atoms in total. The van der Waals surface area contributed by atoms with E-state index in [1.165, 1.54) is 30.3 Å². The number of anilines is 1. The van der Waals surface area contributed by atoms with Crippen LogP contribution in [0, 0.1) is 9.39 Å². The van der Waals surface area contributed by atoms with Crippen molar-refractivity contribution in [2.24, 2.45) is 0 Å². The molecule has 0 aliphatic rings. The summed E-state index contributed by atoms with van der Waals surface area (Å²) in [4.78, 5) is 23.3. The van der Waals surface area contributed by atoms with Gasteiger partial charge in [0, 0.05) is 9.26 Å². The van der Waals surface area contributed by atoms with Gasteiger partial charge in [-0.15, -0.1) is 0 Å². The molecule has 1 N–H and O–H groups in total. The van der Waals surface area contributed by atoms with Crippen molar-refractivity contribution in [3.05, 3.63) is 57.4 Å². The molecule has 2 aromatic rings. The summed E-state index contributed by atoms with van der Waals surface area (Å²) in [6.07, 6.45) is -0.557. The number of rotatable bonds is 4. The minimum atomic E-state index is -0.583. The van der Waals surface area contributed by atoms with Crippen molar-refractivity contribution in [2.75, 3.05) is 11.9 Å². The highest BCUT2D eigenvalue weighted by atomic mass is 127. The number of hydrogen-bond acceptors (Lipinski definition) is 4. The first-order valence-electron chi connectivity index (χ1n) is 6.70. The first-order chi connectivity index (χ1) is 11.0. The fraction of sp³-hybridized carbons (Fsp3) is 0.125. The van der Waals surface area contributed by atoms with Gasteiger partial charge in [-0.2, -0.15) is 0 Å². The summed E-state index contributed by atoms with van der Waals surface area (Å²) in [6.45, 7) is 1.98. The average Bonchev–Trinajstić information content (AvgIpc) is 2.49. The van der Waals surface area contributed by atoms with Gasteiger partial charge in [0.05, 0.1) is 12.2 Å². The van der Waals surface area contributed by atoms with E-state index in [0.717, 1.165) is 0 Å². The third-order valence-electron chi connectivity index (χ3n) is 2.74. The summed E-state index contributed by atoms with van der Waals surface area (Å²) >= 11 is 1.87. The van der Waals surface area contributed by atoms with Crippen molar-refractivity contribution in [3.8, 4) is 5.75 Å². The van der Waals surface area contributed by atoms with Crippen molar-refractivity contribution in [2.45, 2.75) is 6.92 Å². The maximum atomic E-state index is 13.0. The summed E-state index contributed by atoms with van der Waals surface area (Å²) < 4.78 is 23.5. The average molecular weight is 429 g/mol. The van der Waals surface area contributed by atoms with Crippen LogP contribution in [0.1, 0.15) is 17.3 Å². The van der Waals surface area contributed by atoms with Crippen LogP contribution < -0.4 is 10.1 Å². The predicted molar refractivity (Wildman–Crippen MR) is 91.2 cm³/mol. The van der Waals surface area contributed by atoms with Crippen LogP contribution >= 0.6 is 22.6 Å². The van der Waals surface area contributed by atoms with E-state index < -0.39 is 17.9 Å². The number of halogens is 2. The maximum absolute atomic E-state index is 13.0. The van der Waals surface area contributed by atoms with E-state index in [1.807, 2.05) is 22.6 Å². The lowest BCUT2D eigenvalue weighted by atomic mass is 10.2. The van der Waals surface area contributed by atoms with Gasteiger partial charge in [0.15, 0.2) is 0 Å². The number of carbonyl (C=O) groups excluding carboxylic acids is 2. The monoisotopic (exact) mass is 429 g/mol. The molecule has 0 saturated carbocycles. The molecular weight excluding hydrogens is 416 g/mol. The molecule has 2 aromatic carbocycles. The summed E-state index contributed by atoms with van der Waals surface area (Å²) in [5.41, 5.74) is 0.792. The fourth-order valence-electron chi connectivity index (χ4n) is 1.71. The molecule has 7 heteroatoms. The minimum absolute atomic E-state index is 0.276. The van der Waals surface area contributed by atoms with Crippen molar-refractivity contribution in [1.82, 2.24) is 0 Å². The second-order valence-electron chi connectivity index (χ2n) is 4.38. The Balaban J connectivity index is 2.03. The summed E-state index contributed by atoms with van der Waals surface area (Å²) in [6, 6.07) is 10.1. The van der Waals surface area contributed by atoms with E-state index in [1.54, 1.807) is 19.1 Å². The Morgan fingerprint density at radius 1 is 1.17 bits per heavy atom. The van der Waals surface area contributed by atoms with Gasteiger partial charge in [-0.25, -0.2) is 14.0 Å². The number of esters is 1. The number of carbonyl (C=O) groups is 2. The van der Waals surface area contributed by atoms with Crippen LogP contribution in [0.5, 0.6) is 5.75 Å². The molecule has 0 heterocycles. The molecule has 120 valence electrons. The quantitative estimate of drug-likeness (QED) is 0.449. The molecule has 0 atom stereocenters. The smallest absolute Gasteiger partial charge is 0.411 e. The molecule has 0 aromatic heterocycles. The first kappa shape index (κ1) is 17.2. The molecule has 0 spiro atoms. The minimum Gasteiger partial charge on any atom is -0.450 e. The van der Waals surface area contributed by atoms with Crippen molar-refractivity contribution < 1.29 is 23.5 Å². The van der Waals surface area contributed by atoms with Gasteiger partial charge >= 0.3 is 12.1 Å². The second kappa shape index (κ2) is 7.91. The lowest BCUT2D eigenvalue weighted by Gasteiger charge is -2.08. The molecule has 23 heavy (non-hydrogen) atoms. The van der Waals surface area contributed by atoms with Crippen LogP contribution in [0.3, 0.4) is 0 Å². The van der Waals surface area contributed by atoms with Gasteiger partial charge < -0.3 is 9.47 Å². The highest BCUT2D eigenvalue weighted by Crippen LogP contribution is 2.20. The van der Waals surface area contributed by atoms with Gasteiger partial charge in [-0.1, -0.05) is 0 Å². The molecular formula is C16H13FINO4. The Hall–Kier alpha value is -2.16. The molecule has 0 radical (unpaired) electrons. The zero-order valence-electron chi connectivity index (χ0n) is 12.1. The number of ether oxygens (including phenoxy) is 2. The van der Waals surface area contributed by atoms with Gasteiger partial charge in [-0.05, 0) is 72.0 Å². The molecule has 0 bridgehead atoms. The van der Waals surface area contributed by atoms with Gasteiger partial charge in [0.2, 0.25) is 0 Å². The maximum Gasteiger partial charge on any atom is 0.411 e. The highest BCUT2D eigenvalue weighted by Gasteiger charge is 2.13. The predicted octanol–water partition coefficient (Wildman–Crippen LogP) is 4.22. The van der Waals surface area contributed by atoms with Gasteiger partial charge in [0.1, 0.15) is 11.6 Å². The number of benzene rings is 2. The molecule has 2 rings (SSSR count). The number of amides is 1. The SMILES string of the molecule is CCOC(=O)Nc1ccc(OC(=O)c2ccc(F)cc2I)cc1. The zero-order chi connectivity index (χ0) is 16.8. The number of hydrogen-bond donors (Lipinski definition) is 1. The highest BCUT2D eigenvalue weighted by molar-refractivity contribution is 14.1. The van der Waals surface area contributed by atoms with E-state index in [9.17, 15) is 14.0 Å². The Morgan fingerprint density at radius 2 is 1.87 bits per heavy atom. The first-order valence-corrected chi connectivity index (χ1v) is 7.78. The second-order valence-corrected chi connectivity index (χ2v) is 5.55. The molecule has 0 aliphatic carbocycles. The number of nitrogens with one attached hydrogen (secondary N) is 1. The van der Waals surface area contributed by atoms with Gasteiger partial charge in [-0.3, -0.25) is 5.32 Å². The fourth-order valence-corrected chi connectivity index (χ4v) is 2.41. The van der Waals surface area contributed by atoms with Crippen LogP contribution in [0.2, 0.25) is 0 Å². The van der Waals surface area contributed by atoms with Crippen molar-refractivity contribution in [3.63, 3.8) is 0 Å². The van der Waals surface area contributed by atoms with Crippen molar-refractivity contribution in [1.29, 1.82) is 0 Å². The third kappa shape index (κ3) is 4.92. The van der Waals surface area contributed by atoms with E-state index in [2.05, 4.69) is 5.32 Å². The van der Waals surface area contributed by atoms with E-state index in [0.29, 0.717) is 15.0 Å². The van der Waals surface area contributed by atoms with E-state index in [-0.39, 0.29) is 12.2 Å². The van der Waals surface area contributed by atoms with Crippen LogP contribution in [-0.4, -0.2) is 18.7 Å². The Labute approximate surface area is 145 Å². The topological polar surface area (TPSA) is 64.6 Å². The van der Waals surface area contributed by atoms with Crippen LogP contribution in [0.25, 0.3) is 0 Å². The summed E-state index contributed by atoms with van der Waals surface area (Å²) in [7, 11) is 0. The van der Waals surface area contributed by atoms with Crippen LogP contribution in [0.4, 0.5) is 14.9 Å². The Bertz CT molecular complexity index is 719. The Kier molecular flexibility index (Phi) is 5.91. The summed E-state index contributed by atoms with van der Waals surface area (Å²) in [5.74, 6) is -0.689. The molecule has 1 amide bonds. The normalized spacial score (nSPS) is 10.0.